The van der Waals surface area contributed by atoms with Crippen LogP contribution in [0.5, 0.6) is 0 Å². The van der Waals surface area contributed by atoms with Crippen molar-refractivity contribution >= 4 is 5.97 Å². The summed E-state index contributed by atoms with van der Waals surface area (Å²) >= 11 is 0. The van der Waals surface area contributed by atoms with E-state index in [0.29, 0.717) is 5.92 Å². The number of ether oxygens (including phenoxy) is 1. The lowest BCUT2D eigenvalue weighted by Crippen LogP contribution is -2.30. The summed E-state index contributed by atoms with van der Waals surface area (Å²) in [4.78, 5) is 12.0. The van der Waals surface area contributed by atoms with Gasteiger partial charge in [0.15, 0.2) is 0 Å². The molecule has 2 heteroatoms. The number of carbonyl (C=O) groups excluding carboxylic acids is 1. The highest BCUT2D eigenvalue weighted by atomic mass is 16.6. The van der Waals surface area contributed by atoms with Crippen molar-refractivity contribution in [1.29, 1.82) is 0 Å². The molecule has 0 aromatic heterocycles. The van der Waals surface area contributed by atoms with Crippen LogP contribution >= 0.6 is 0 Å². The smallest absolute Gasteiger partial charge is 0.309 e. The minimum absolute atomic E-state index is 0.0148. The summed E-state index contributed by atoms with van der Waals surface area (Å²) in [6.45, 7) is 5.79. The van der Waals surface area contributed by atoms with E-state index < -0.39 is 0 Å². The molecular formula is C17H24O2. The fourth-order valence-electron chi connectivity index (χ4n) is 2.77. The van der Waals surface area contributed by atoms with Crippen molar-refractivity contribution in [3.63, 3.8) is 0 Å². The Balaban J connectivity index is 1.88. The first-order valence-corrected chi connectivity index (χ1v) is 7.23. The van der Waals surface area contributed by atoms with Crippen LogP contribution in [0, 0.1) is 5.92 Å². The Morgan fingerprint density at radius 1 is 1.05 bits per heavy atom. The van der Waals surface area contributed by atoms with E-state index in [1.54, 1.807) is 0 Å². The summed E-state index contributed by atoms with van der Waals surface area (Å²) in [5.74, 6) is 0.693. The molecule has 0 amide bonds. The molecule has 0 unspecified atom stereocenters. The van der Waals surface area contributed by atoms with E-state index in [1.807, 2.05) is 20.8 Å². The third-order valence-electron chi connectivity index (χ3n) is 3.74. The number of hydrogen-bond acceptors (Lipinski definition) is 2. The predicted molar refractivity (Wildman–Crippen MR) is 77.0 cm³/mol. The molecule has 0 atom stereocenters. The Morgan fingerprint density at radius 2 is 1.63 bits per heavy atom. The second-order valence-electron chi connectivity index (χ2n) is 6.49. The maximum atomic E-state index is 12.0. The Hall–Kier alpha value is -1.31. The molecule has 104 valence electrons. The molecule has 2 nitrogen and oxygen atoms in total. The van der Waals surface area contributed by atoms with E-state index in [2.05, 4.69) is 30.3 Å². The summed E-state index contributed by atoms with van der Waals surface area (Å²) in [6.07, 6.45) is 4.09. The highest BCUT2D eigenvalue weighted by Gasteiger charge is 2.30. The molecule has 1 aliphatic rings. The zero-order valence-corrected chi connectivity index (χ0v) is 12.2. The fourth-order valence-corrected chi connectivity index (χ4v) is 2.77. The van der Waals surface area contributed by atoms with Crippen molar-refractivity contribution in [3.05, 3.63) is 35.9 Å². The molecule has 1 aromatic rings. The van der Waals surface area contributed by atoms with E-state index in [-0.39, 0.29) is 17.5 Å². The van der Waals surface area contributed by atoms with Crippen molar-refractivity contribution in [2.75, 3.05) is 0 Å². The predicted octanol–water partition coefficient (Wildman–Crippen LogP) is 4.30. The van der Waals surface area contributed by atoms with Gasteiger partial charge in [0.25, 0.3) is 0 Å². The van der Waals surface area contributed by atoms with Gasteiger partial charge < -0.3 is 4.74 Å². The number of rotatable bonds is 2. The number of hydrogen-bond donors (Lipinski definition) is 0. The van der Waals surface area contributed by atoms with E-state index >= 15 is 0 Å². The van der Waals surface area contributed by atoms with Crippen LogP contribution in [0.4, 0.5) is 0 Å². The molecule has 0 bridgehead atoms. The zero-order chi connectivity index (χ0) is 13.9. The first-order valence-electron chi connectivity index (χ1n) is 7.23. The third kappa shape index (κ3) is 4.09. The van der Waals surface area contributed by atoms with Gasteiger partial charge in [0.2, 0.25) is 0 Å². The molecule has 0 aliphatic heterocycles. The summed E-state index contributed by atoms with van der Waals surface area (Å²) in [7, 11) is 0. The van der Waals surface area contributed by atoms with Crippen molar-refractivity contribution in [2.24, 2.45) is 5.92 Å². The topological polar surface area (TPSA) is 26.3 Å². The van der Waals surface area contributed by atoms with E-state index in [1.165, 1.54) is 5.56 Å². The lowest BCUT2D eigenvalue weighted by Gasteiger charge is -2.30. The van der Waals surface area contributed by atoms with Gasteiger partial charge >= 0.3 is 5.97 Å². The summed E-state index contributed by atoms with van der Waals surface area (Å²) in [6, 6.07) is 10.6. The van der Waals surface area contributed by atoms with Crippen molar-refractivity contribution in [2.45, 2.75) is 58.0 Å². The average molecular weight is 260 g/mol. The van der Waals surface area contributed by atoms with Crippen LogP contribution in [0.2, 0.25) is 0 Å². The monoisotopic (exact) mass is 260 g/mol. The summed E-state index contributed by atoms with van der Waals surface area (Å²) in [5, 5.41) is 0. The molecule has 0 radical (unpaired) electrons. The molecule has 1 aromatic carbocycles. The van der Waals surface area contributed by atoms with Gasteiger partial charge in [-0.05, 0) is 57.9 Å². The maximum Gasteiger partial charge on any atom is 0.309 e. The van der Waals surface area contributed by atoms with E-state index in [4.69, 9.17) is 4.74 Å². The molecular weight excluding hydrogens is 236 g/mol. The number of benzene rings is 1. The Labute approximate surface area is 116 Å². The molecule has 0 heterocycles. The summed E-state index contributed by atoms with van der Waals surface area (Å²) in [5.41, 5.74) is 1.04. The highest BCUT2D eigenvalue weighted by Crippen LogP contribution is 2.36. The zero-order valence-electron chi connectivity index (χ0n) is 12.2. The van der Waals surface area contributed by atoms with E-state index in [0.717, 1.165) is 25.7 Å². The standard InChI is InChI=1S/C17H24O2/c1-17(2,3)19-16(18)15-11-9-14(10-12-15)13-7-5-4-6-8-13/h4-8,14-15H,9-12H2,1-3H3. The molecule has 0 N–H and O–H groups in total. The first-order chi connectivity index (χ1) is 8.96. The van der Waals surface area contributed by atoms with Gasteiger partial charge in [0, 0.05) is 0 Å². The maximum absolute atomic E-state index is 12.0. The van der Waals surface area contributed by atoms with Crippen LogP contribution in [0.25, 0.3) is 0 Å². The molecule has 1 aliphatic carbocycles. The van der Waals surface area contributed by atoms with Gasteiger partial charge in [-0.2, -0.15) is 0 Å². The van der Waals surface area contributed by atoms with Crippen LogP contribution in [0.3, 0.4) is 0 Å². The number of esters is 1. The first kappa shape index (κ1) is 14.1. The second-order valence-corrected chi connectivity index (χ2v) is 6.49. The Bertz CT molecular complexity index is 409. The summed E-state index contributed by atoms with van der Waals surface area (Å²) < 4.78 is 5.48. The molecule has 1 fully saturated rings. The quantitative estimate of drug-likeness (QED) is 0.741. The molecule has 0 spiro atoms. The van der Waals surface area contributed by atoms with Gasteiger partial charge in [-0.1, -0.05) is 30.3 Å². The minimum Gasteiger partial charge on any atom is -0.460 e. The lowest BCUT2D eigenvalue weighted by molar-refractivity contribution is -0.161. The van der Waals surface area contributed by atoms with Crippen LogP contribution in [-0.4, -0.2) is 11.6 Å². The molecule has 0 saturated heterocycles. The van der Waals surface area contributed by atoms with Gasteiger partial charge in [0.1, 0.15) is 5.60 Å². The lowest BCUT2D eigenvalue weighted by atomic mass is 9.79. The third-order valence-corrected chi connectivity index (χ3v) is 3.74. The van der Waals surface area contributed by atoms with Crippen molar-refractivity contribution in [1.82, 2.24) is 0 Å². The fraction of sp³-hybridized carbons (Fsp3) is 0.588. The normalized spacial score (nSPS) is 23.9. The SMILES string of the molecule is CC(C)(C)OC(=O)C1CCC(c2ccccc2)CC1. The van der Waals surface area contributed by atoms with Crippen molar-refractivity contribution in [3.8, 4) is 0 Å². The van der Waals surface area contributed by atoms with E-state index in [9.17, 15) is 4.79 Å². The molecule has 2 rings (SSSR count). The molecule has 19 heavy (non-hydrogen) atoms. The Kier molecular flexibility index (Phi) is 4.28. The number of carbonyl (C=O) groups is 1. The van der Waals surface area contributed by atoms with Crippen LogP contribution in [0.15, 0.2) is 30.3 Å². The van der Waals surface area contributed by atoms with Crippen molar-refractivity contribution < 1.29 is 9.53 Å². The Morgan fingerprint density at radius 3 is 2.16 bits per heavy atom. The minimum atomic E-state index is -0.368. The highest BCUT2D eigenvalue weighted by molar-refractivity contribution is 5.73. The molecule has 1 saturated carbocycles. The van der Waals surface area contributed by atoms with Gasteiger partial charge in [-0.25, -0.2) is 0 Å². The van der Waals surface area contributed by atoms with Crippen LogP contribution in [-0.2, 0) is 9.53 Å². The van der Waals surface area contributed by atoms with Gasteiger partial charge in [-0.3, -0.25) is 4.79 Å². The largest absolute Gasteiger partial charge is 0.460 e. The van der Waals surface area contributed by atoms with Crippen LogP contribution < -0.4 is 0 Å². The second kappa shape index (κ2) is 5.77. The van der Waals surface area contributed by atoms with Crippen LogP contribution in [0.1, 0.15) is 57.9 Å². The average Bonchev–Trinajstić information content (AvgIpc) is 2.38. The van der Waals surface area contributed by atoms with Gasteiger partial charge in [-0.15, -0.1) is 0 Å². The van der Waals surface area contributed by atoms with Gasteiger partial charge in [0.05, 0.1) is 5.92 Å².